The van der Waals surface area contributed by atoms with Crippen molar-refractivity contribution >= 4 is 11.8 Å². The molecule has 2 amide bonds. The summed E-state index contributed by atoms with van der Waals surface area (Å²) in [4.78, 5) is 23.3. The molecule has 2 heterocycles. The molecule has 0 aliphatic carbocycles. The van der Waals surface area contributed by atoms with E-state index in [4.69, 9.17) is 15.2 Å². The lowest BCUT2D eigenvalue weighted by Crippen LogP contribution is -2.43. The molecule has 0 spiro atoms. The Morgan fingerprint density at radius 3 is 2.95 bits per heavy atom. The van der Waals surface area contributed by atoms with Crippen LogP contribution in [0, 0.1) is 0 Å². The number of nitrogens with one attached hydrogen (secondary N) is 1. The molecule has 0 radical (unpaired) electrons. The van der Waals surface area contributed by atoms with Crippen molar-refractivity contribution in [3.63, 3.8) is 0 Å². The van der Waals surface area contributed by atoms with E-state index >= 15 is 0 Å². The molecular weight excluding hydrogens is 248 g/mol. The first-order valence-corrected chi connectivity index (χ1v) is 5.79. The topological polar surface area (TPSA) is 90.7 Å². The van der Waals surface area contributed by atoms with E-state index in [0.717, 1.165) is 5.56 Å². The van der Waals surface area contributed by atoms with Gasteiger partial charge in [-0.25, -0.2) is 0 Å². The quantitative estimate of drug-likeness (QED) is 0.713. The van der Waals surface area contributed by atoms with E-state index in [1.165, 1.54) is 0 Å². The van der Waals surface area contributed by atoms with E-state index in [-0.39, 0.29) is 24.1 Å². The van der Waals surface area contributed by atoms with Crippen LogP contribution < -0.4 is 20.5 Å². The Bertz CT molecular complexity index is 621. The van der Waals surface area contributed by atoms with Gasteiger partial charge in [0.05, 0.1) is 12.7 Å². The van der Waals surface area contributed by atoms with Gasteiger partial charge in [0.2, 0.25) is 5.91 Å². The molecular formula is C13H12N2O4. The third-order valence-electron chi connectivity index (χ3n) is 3.32. The third-order valence-corrected chi connectivity index (χ3v) is 3.32. The van der Waals surface area contributed by atoms with Gasteiger partial charge in [0.1, 0.15) is 11.5 Å². The summed E-state index contributed by atoms with van der Waals surface area (Å²) in [7, 11) is 1.55. The van der Waals surface area contributed by atoms with Crippen molar-refractivity contribution in [2.24, 2.45) is 5.73 Å². The smallest absolute Gasteiger partial charge is 0.259 e. The molecule has 1 saturated heterocycles. The Labute approximate surface area is 109 Å². The highest BCUT2D eigenvalue weighted by Gasteiger charge is 2.39. The van der Waals surface area contributed by atoms with Crippen LogP contribution in [0.3, 0.4) is 0 Å². The van der Waals surface area contributed by atoms with Gasteiger partial charge < -0.3 is 15.2 Å². The summed E-state index contributed by atoms with van der Waals surface area (Å²) < 4.78 is 10.6. The second kappa shape index (κ2) is 4.01. The van der Waals surface area contributed by atoms with Crippen LogP contribution in [0.2, 0.25) is 0 Å². The van der Waals surface area contributed by atoms with Crippen LogP contribution in [-0.4, -0.2) is 18.9 Å². The van der Waals surface area contributed by atoms with Crippen LogP contribution in [0.1, 0.15) is 17.9 Å². The first-order chi connectivity index (χ1) is 9.10. The van der Waals surface area contributed by atoms with E-state index in [0.29, 0.717) is 17.1 Å². The summed E-state index contributed by atoms with van der Waals surface area (Å²) in [6, 6.07) is 5.24. The van der Waals surface area contributed by atoms with Crippen molar-refractivity contribution in [3.8, 4) is 11.5 Å². The summed E-state index contributed by atoms with van der Waals surface area (Å²) in [5.41, 5.74) is 6.86. The molecule has 3 N–H and O–H groups in total. The van der Waals surface area contributed by atoms with Gasteiger partial charge in [-0.05, 0) is 6.07 Å². The minimum Gasteiger partial charge on any atom is -0.497 e. The molecule has 2 aliphatic rings. The summed E-state index contributed by atoms with van der Waals surface area (Å²) in [5.74, 6) is 0.0387. The fourth-order valence-electron chi connectivity index (χ4n) is 2.43. The van der Waals surface area contributed by atoms with Crippen molar-refractivity contribution in [3.05, 3.63) is 35.2 Å². The van der Waals surface area contributed by atoms with E-state index in [1.807, 2.05) is 0 Å². The Hall–Kier alpha value is -2.50. The van der Waals surface area contributed by atoms with Crippen molar-refractivity contribution in [1.82, 2.24) is 5.32 Å². The highest BCUT2D eigenvalue weighted by Crippen LogP contribution is 2.42. The SMILES string of the molecule is COc1ccc2c(c1)OC(N)=C1C(=O)NC(=O)CC12. The average molecular weight is 260 g/mol. The Morgan fingerprint density at radius 2 is 2.21 bits per heavy atom. The molecule has 98 valence electrons. The zero-order valence-corrected chi connectivity index (χ0v) is 10.2. The van der Waals surface area contributed by atoms with Crippen molar-refractivity contribution in [2.75, 3.05) is 7.11 Å². The second-order valence-electron chi connectivity index (χ2n) is 4.42. The third kappa shape index (κ3) is 1.72. The monoisotopic (exact) mass is 260 g/mol. The first-order valence-electron chi connectivity index (χ1n) is 5.79. The summed E-state index contributed by atoms with van der Waals surface area (Å²) >= 11 is 0. The van der Waals surface area contributed by atoms with E-state index in [1.54, 1.807) is 25.3 Å². The molecule has 19 heavy (non-hydrogen) atoms. The predicted octanol–water partition coefficient (Wildman–Crippen LogP) is 0.388. The molecule has 1 fully saturated rings. The first kappa shape index (κ1) is 11.6. The van der Waals surface area contributed by atoms with Crippen LogP contribution >= 0.6 is 0 Å². The molecule has 3 rings (SSSR count). The lowest BCUT2D eigenvalue weighted by atomic mass is 9.83. The van der Waals surface area contributed by atoms with Gasteiger partial charge >= 0.3 is 0 Å². The predicted molar refractivity (Wildman–Crippen MR) is 65.3 cm³/mol. The molecule has 6 nitrogen and oxygen atoms in total. The van der Waals surface area contributed by atoms with Crippen molar-refractivity contribution < 1.29 is 19.1 Å². The number of methoxy groups -OCH3 is 1. The molecule has 0 bridgehead atoms. The molecule has 0 aromatic heterocycles. The fourth-order valence-corrected chi connectivity index (χ4v) is 2.43. The highest BCUT2D eigenvalue weighted by atomic mass is 16.5. The molecule has 1 atom stereocenters. The van der Waals surface area contributed by atoms with Gasteiger partial charge in [0.25, 0.3) is 5.91 Å². The van der Waals surface area contributed by atoms with Gasteiger partial charge in [-0.1, -0.05) is 6.07 Å². The minimum atomic E-state index is -0.486. The lowest BCUT2D eigenvalue weighted by Gasteiger charge is -2.31. The average Bonchev–Trinajstić information content (AvgIpc) is 2.37. The Balaban J connectivity index is 2.12. The number of fused-ring (bicyclic) bond motifs is 3. The highest BCUT2D eigenvalue weighted by molar-refractivity contribution is 6.09. The van der Waals surface area contributed by atoms with E-state index < -0.39 is 5.91 Å². The molecule has 2 aliphatic heterocycles. The summed E-state index contributed by atoms with van der Waals surface area (Å²) in [5, 5.41) is 2.24. The molecule has 1 unspecified atom stereocenters. The normalized spacial score (nSPS) is 21.2. The number of amides is 2. The summed E-state index contributed by atoms with van der Waals surface area (Å²) in [6.45, 7) is 0. The summed E-state index contributed by atoms with van der Waals surface area (Å²) in [6.07, 6.45) is 0.185. The van der Waals surface area contributed by atoms with Crippen molar-refractivity contribution in [2.45, 2.75) is 12.3 Å². The van der Waals surface area contributed by atoms with Crippen LogP contribution in [-0.2, 0) is 9.59 Å². The number of benzene rings is 1. The zero-order valence-electron chi connectivity index (χ0n) is 10.2. The molecule has 1 aromatic carbocycles. The van der Waals surface area contributed by atoms with Crippen LogP contribution in [0.25, 0.3) is 0 Å². The van der Waals surface area contributed by atoms with E-state index in [9.17, 15) is 9.59 Å². The number of carbonyl (C=O) groups excluding carboxylic acids is 2. The maximum absolute atomic E-state index is 11.8. The number of rotatable bonds is 1. The number of nitrogens with two attached hydrogens (primary N) is 1. The standard InChI is InChI=1S/C13H12N2O4/c1-18-6-2-3-7-8-5-10(16)15-13(17)11(8)12(14)19-9(7)4-6/h2-4,8H,5,14H2,1H3,(H,15,16,17). The van der Waals surface area contributed by atoms with Gasteiger partial charge in [-0.2, -0.15) is 0 Å². The Kier molecular flexibility index (Phi) is 2.45. The zero-order chi connectivity index (χ0) is 13.6. The van der Waals surface area contributed by atoms with Crippen LogP contribution in [0.15, 0.2) is 29.7 Å². The number of hydrogen-bond donors (Lipinski definition) is 2. The Morgan fingerprint density at radius 1 is 1.42 bits per heavy atom. The number of carbonyl (C=O) groups is 2. The minimum absolute atomic E-state index is 0.0377. The largest absolute Gasteiger partial charge is 0.497 e. The maximum Gasteiger partial charge on any atom is 0.259 e. The lowest BCUT2D eigenvalue weighted by molar-refractivity contribution is -0.130. The van der Waals surface area contributed by atoms with Gasteiger partial charge in [-0.3, -0.25) is 14.9 Å². The van der Waals surface area contributed by atoms with Gasteiger partial charge in [-0.15, -0.1) is 0 Å². The number of piperidine rings is 1. The molecule has 0 saturated carbocycles. The number of imide groups is 1. The maximum atomic E-state index is 11.8. The molecule has 6 heteroatoms. The fraction of sp³-hybridized carbons (Fsp3) is 0.231. The number of hydrogen-bond acceptors (Lipinski definition) is 5. The van der Waals surface area contributed by atoms with Crippen LogP contribution in [0.5, 0.6) is 11.5 Å². The second-order valence-corrected chi connectivity index (χ2v) is 4.42. The number of ether oxygens (including phenoxy) is 2. The van der Waals surface area contributed by atoms with E-state index in [2.05, 4.69) is 5.32 Å². The molecule has 1 aromatic rings. The van der Waals surface area contributed by atoms with Gasteiger partial charge in [0.15, 0.2) is 5.88 Å². The van der Waals surface area contributed by atoms with Gasteiger partial charge in [0, 0.05) is 24.0 Å². The van der Waals surface area contributed by atoms with Crippen LogP contribution in [0.4, 0.5) is 0 Å². The van der Waals surface area contributed by atoms with Crippen molar-refractivity contribution in [1.29, 1.82) is 0 Å².